The summed E-state index contributed by atoms with van der Waals surface area (Å²) in [6, 6.07) is 8.56. The molecule has 1 aliphatic heterocycles. The molecule has 3 rings (SSSR count). The average Bonchev–Trinajstić information content (AvgIpc) is 3.18. The monoisotopic (exact) mass is 442 g/mol. The fourth-order valence-corrected chi connectivity index (χ4v) is 3.62. The fraction of sp³-hybridized carbons (Fsp3) is 0.412. The molecular formula is C17H23IN4S. The minimum absolute atomic E-state index is 0. The van der Waals surface area contributed by atoms with Gasteiger partial charge in [0.15, 0.2) is 5.96 Å². The summed E-state index contributed by atoms with van der Waals surface area (Å²) in [5, 5.41) is 4.67. The second-order valence-corrected chi connectivity index (χ2v) is 6.53. The normalized spacial score (nSPS) is 13.7. The Kier molecular flexibility index (Phi) is 6.83. The molecule has 0 fully saturated rings. The minimum atomic E-state index is 0. The number of thiazole rings is 1. The average molecular weight is 442 g/mol. The van der Waals surface area contributed by atoms with Gasteiger partial charge in [-0.15, -0.1) is 35.3 Å². The van der Waals surface area contributed by atoms with Crippen molar-refractivity contribution < 1.29 is 0 Å². The summed E-state index contributed by atoms with van der Waals surface area (Å²) in [4.78, 5) is 12.5. The number of nitrogens with zero attached hydrogens (tertiary/aromatic N) is 3. The number of nitrogens with one attached hydrogen (secondary N) is 1. The Labute approximate surface area is 159 Å². The molecule has 4 nitrogen and oxygen atoms in total. The Balaban J connectivity index is 0.00000192. The van der Waals surface area contributed by atoms with Crippen LogP contribution >= 0.6 is 35.3 Å². The van der Waals surface area contributed by atoms with E-state index in [4.69, 9.17) is 0 Å². The fourth-order valence-electron chi connectivity index (χ4n) is 2.76. The van der Waals surface area contributed by atoms with E-state index in [2.05, 4.69) is 51.4 Å². The first-order chi connectivity index (χ1) is 10.8. The van der Waals surface area contributed by atoms with Crippen LogP contribution in [0.3, 0.4) is 0 Å². The van der Waals surface area contributed by atoms with E-state index in [-0.39, 0.29) is 24.0 Å². The Hall–Kier alpha value is -1.15. The number of benzene rings is 1. The summed E-state index contributed by atoms with van der Waals surface area (Å²) in [6.45, 7) is 4.03. The highest BCUT2D eigenvalue weighted by molar-refractivity contribution is 14.0. The van der Waals surface area contributed by atoms with Crippen LogP contribution in [-0.2, 0) is 19.3 Å². The first kappa shape index (κ1) is 18.2. The lowest BCUT2D eigenvalue weighted by atomic mass is 10.2. The van der Waals surface area contributed by atoms with Gasteiger partial charge in [0, 0.05) is 43.3 Å². The van der Waals surface area contributed by atoms with Crippen LogP contribution in [0, 0.1) is 0 Å². The van der Waals surface area contributed by atoms with Gasteiger partial charge in [-0.1, -0.05) is 25.1 Å². The van der Waals surface area contributed by atoms with E-state index in [0.29, 0.717) is 0 Å². The van der Waals surface area contributed by atoms with Crippen molar-refractivity contribution >= 4 is 47.0 Å². The number of halogens is 1. The number of guanidine groups is 1. The predicted octanol–water partition coefficient (Wildman–Crippen LogP) is 3.50. The van der Waals surface area contributed by atoms with Crippen molar-refractivity contribution in [2.24, 2.45) is 4.99 Å². The van der Waals surface area contributed by atoms with Crippen molar-refractivity contribution in [1.29, 1.82) is 0 Å². The molecule has 0 spiro atoms. The van der Waals surface area contributed by atoms with Crippen LogP contribution in [0.5, 0.6) is 0 Å². The van der Waals surface area contributed by atoms with E-state index in [9.17, 15) is 0 Å². The number of hydrogen-bond donors (Lipinski definition) is 1. The third kappa shape index (κ3) is 4.23. The topological polar surface area (TPSA) is 40.5 Å². The Morgan fingerprint density at radius 3 is 2.96 bits per heavy atom. The summed E-state index contributed by atoms with van der Waals surface area (Å²) in [7, 11) is 1.85. The molecule has 0 atom stereocenters. The smallest absolute Gasteiger partial charge is 0.198 e. The predicted molar refractivity (Wildman–Crippen MR) is 109 cm³/mol. The highest BCUT2D eigenvalue weighted by atomic mass is 127. The van der Waals surface area contributed by atoms with Crippen molar-refractivity contribution in [3.8, 4) is 0 Å². The zero-order valence-electron chi connectivity index (χ0n) is 13.6. The van der Waals surface area contributed by atoms with Crippen molar-refractivity contribution in [3.63, 3.8) is 0 Å². The molecule has 2 heterocycles. The maximum atomic E-state index is 4.47. The molecule has 23 heavy (non-hydrogen) atoms. The SMILES string of the molecule is CCc1cnc(CCNC(=NC)N2CCc3ccccc32)s1.I. The van der Waals surface area contributed by atoms with E-state index >= 15 is 0 Å². The quantitative estimate of drug-likeness (QED) is 0.448. The van der Waals surface area contributed by atoms with Crippen LogP contribution in [-0.4, -0.2) is 31.1 Å². The molecule has 1 N–H and O–H groups in total. The summed E-state index contributed by atoms with van der Waals surface area (Å²) in [5.74, 6) is 0.956. The Morgan fingerprint density at radius 1 is 1.39 bits per heavy atom. The van der Waals surface area contributed by atoms with E-state index in [1.165, 1.54) is 21.1 Å². The van der Waals surface area contributed by atoms with Crippen LogP contribution in [0.2, 0.25) is 0 Å². The van der Waals surface area contributed by atoms with E-state index < -0.39 is 0 Å². The second-order valence-electron chi connectivity index (χ2n) is 5.33. The molecular weight excluding hydrogens is 419 g/mol. The number of rotatable bonds is 4. The van der Waals surface area contributed by atoms with Crippen LogP contribution in [0.15, 0.2) is 35.5 Å². The molecule has 1 aromatic carbocycles. The summed E-state index contributed by atoms with van der Waals surface area (Å²) in [5.41, 5.74) is 2.68. The van der Waals surface area contributed by atoms with Gasteiger partial charge in [-0.2, -0.15) is 0 Å². The Bertz CT molecular complexity index is 668. The van der Waals surface area contributed by atoms with Gasteiger partial charge in [-0.3, -0.25) is 4.99 Å². The van der Waals surface area contributed by atoms with Crippen LogP contribution in [0.25, 0.3) is 0 Å². The number of aromatic nitrogens is 1. The van der Waals surface area contributed by atoms with Gasteiger partial charge in [-0.05, 0) is 24.5 Å². The summed E-state index contributed by atoms with van der Waals surface area (Å²) in [6.07, 6.45) is 5.09. The van der Waals surface area contributed by atoms with Gasteiger partial charge < -0.3 is 10.2 Å². The lowest BCUT2D eigenvalue weighted by Crippen LogP contribution is -2.41. The summed E-state index contributed by atoms with van der Waals surface area (Å²) >= 11 is 1.81. The zero-order valence-corrected chi connectivity index (χ0v) is 16.7. The number of anilines is 1. The minimum Gasteiger partial charge on any atom is -0.356 e. The molecule has 0 saturated carbocycles. The van der Waals surface area contributed by atoms with Crippen LogP contribution < -0.4 is 10.2 Å². The molecule has 1 aromatic heterocycles. The van der Waals surface area contributed by atoms with Gasteiger partial charge in [0.1, 0.15) is 0 Å². The van der Waals surface area contributed by atoms with E-state index in [1.54, 1.807) is 0 Å². The second kappa shape index (κ2) is 8.63. The standard InChI is InChI=1S/C17H22N4S.HI/c1-3-14-12-20-16(22-14)8-10-19-17(18-2)21-11-9-13-6-4-5-7-15(13)21;/h4-7,12H,3,8-11H2,1-2H3,(H,18,19);1H. The van der Waals surface area contributed by atoms with Gasteiger partial charge >= 0.3 is 0 Å². The first-order valence-electron chi connectivity index (χ1n) is 7.81. The van der Waals surface area contributed by atoms with Gasteiger partial charge in [0.2, 0.25) is 0 Å². The third-order valence-corrected chi connectivity index (χ3v) is 5.13. The van der Waals surface area contributed by atoms with Gasteiger partial charge in [0.25, 0.3) is 0 Å². The van der Waals surface area contributed by atoms with Crippen molar-refractivity contribution in [2.45, 2.75) is 26.2 Å². The highest BCUT2D eigenvalue weighted by Crippen LogP contribution is 2.27. The molecule has 0 bridgehead atoms. The highest BCUT2D eigenvalue weighted by Gasteiger charge is 2.22. The maximum absolute atomic E-state index is 4.47. The molecule has 0 unspecified atom stereocenters. The maximum Gasteiger partial charge on any atom is 0.198 e. The number of aryl methyl sites for hydroxylation is 1. The number of aliphatic imine (C=N–C) groups is 1. The lowest BCUT2D eigenvalue weighted by molar-refractivity contribution is 0.831. The largest absolute Gasteiger partial charge is 0.356 e. The van der Waals surface area contributed by atoms with E-state index in [1.807, 2.05) is 24.6 Å². The Morgan fingerprint density at radius 2 is 2.22 bits per heavy atom. The van der Waals surface area contributed by atoms with Crippen LogP contribution in [0.1, 0.15) is 22.4 Å². The van der Waals surface area contributed by atoms with E-state index in [0.717, 1.165) is 38.3 Å². The number of fused-ring (bicyclic) bond motifs is 1. The zero-order chi connectivity index (χ0) is 15.4. The van der Waals surface area contributed by atoms with Crippen molar-refractivity contribution in [2.75, 3.05) is 25.0 Å². The molecule has 124 valence electrons. The molecule has 2 aromatic rings. The lowest BCUT2D eigenvalue weighted by Gasteiger charge is -2.22. The van der Waals surface area contributed by atoms with Gasteiger partial charge in [-0.25, -0.2) is 4.98 Å². The van der Waals surface area contributed by atoms with Crippen LogP contribution in [0.4, 0.5) is 5.69 Å². The number of hydrogen-bond acceptors (Lipinski definition) is 3. The molecule has 0 saturated heterocycles. The molecule has 1 aliphatic rings. The third-order valence-electron chi connectivity index (χ3n) is 3.93. The van der Waals surface area contributed by atoms with Gasteiger partial charge in [0.05, 0.1) is 5.01 Å². The molecule has 0 aliphatic carbocycles. The summed E-state index contributed by atoms with van der Waals surface area (Å²) < 4.78 is 0. The van der Waals surface area contributed by atoms with Crippen molar-refractivity contribution in [3.05, 3.63) is 45.9 Å². The molecule has 0 amide bonds. The molecule has 0 radical (unpaired) electrons. The number of para-hydroxylation sites is 1. The van der Waals surface area contributed by atoms with Crippen molar-refractivity contribution in [1.82, 2.24) is 10.3 Å². The molecule has 6 heteroatoms. The first-order valence-corrected chi connectivity index (χ1v) is 8.63.